The van der Waals surface area contributed by atoms with Gasteiger partial charge in [0.15, 0.2) is 5.54 Å². The van der Waals surface area contributed by atoms with E-state index < -0.39 is 29.6 Å². The normalized spacial score (nSPS) is 16.8. The highest BCUT2D eigenvalue weighted by atomic mass is 19.4. The Labute approximate surface area is 103 Å². The van der Waals surface area contributed by atoms with Crippen LogP contribution in [0.2, 0.25) is 0 Å². The van der Waals surface area contributed by atoms with Gasteiger partial charge in [0.2, 0.25) is 5.91 Å². The molecule has 0 radical (unpaired) electrons. The van der Waals surface area contributed by atoms with Crippen LogP contribution in [0.5, 0.6) is 0 Å². The molecule has 0 fully saturated rings. The molecule has 0 aliphatic rings. The summed E-state index contributed by atoms with van der Waals surface area (Å²) in [6, 6.07) is -1.36. The maximum Gasteiger partial charge on any atom is 0.415 e. The summed E-state index contributed by atoms with van der Waals surface area (Å²) in [5, 5.41) is 10.6. The number of nitrogens with one attached hydrogen (secondary N) is 1. The molecule has 1 amide bonds. The van der Waals surface area contributed by atoms with Gasteiger partial charge in [-0.15, -0.1) is 0 Å². The van der Waals surface area contributed by atoms with E-state index in [1.165, 1.54) is 0 Å². The Morgan fingerprint density at radius 3 is 2.22 bits per heavy atom. The van der Waals surface area contributed by atoms with Gasteiger partial charge < -0.3 is 16.2 Å². The van der Waals surface area contributed by atoms with Crippen LogP contribution in [0.3, 0.4) is 0 Å². The highest BCUT2D eigenvalue weighted by Gasteiger charge is 2.54. The summed E-state index contributed by atoms with van der Waals surface area (Å²) in [5.41, 5.74) is 1.78. The topological polar surface area (TPSA) is 92.4 Å². The van der Waals surface area contributed by atoms with Gasteiger partial charge in [-0.25, -0.2) is 4.79 Å². The number of alkyl halides is 3. The average Bonchev–Trinajstić information content (AvgIpc) is 2.21. The van der Waals surface area contributed by atoms with Crippen molar-refractivity contribution in [3.63, 3.8) is 0 Å². The minimum atomic E-state index is -4.94. The third kappa shape index (κ3) is 4.17. The summed E-state index contributed by atoms with van der Waals surface area (Å²) in [6.07, 6.45) is -3.74. The highest BCUT2D eigenvalue weighted by Crippen LogP contribution is 2.28. The standard InChI is InChI=1S/C10H17F3N2O3/c1-3-4-5-6(7(16)17)15-8(18)9(2,14)10(11,12)13/h6H,3-5,14H2,1-2H3,(H,15,18)(H,16,17)/t6-,9?/m0/s1. The first kappa shape index (κ1) is 16.7. The second kappa shape index (κ2) is 6.03. The van der Waals surface area contributed by atoms with Gasteiger partial charge in [-0.3, -0.25) is 4.79 Å². The van der Waals surface area contributed by atoms with Crippen molar-refractivity contribution in [3.8, 4) is 0 Å². The number of hydrogen-bond acceptors (Lipinski definition) is 3. The largest absolute Gasteiger partial charge is 0.480 e. The van der Waals surface area contributed by atoms with Gasteiger partial charge in [0.1, 0.15) is 6.04 Å². The Hall–Kier alpha value is -1.31. The van der Waals surface area contributed by atoms with E-state index in [0.29, 0.717) is 19.8 Å². The molecule has 0 heterocycles. The second-order valence-electron chi connectivity index (χ2n) is 4.21. The molecule has 0 aliphatic heterocycles. The van der Waals surface area contributed by atoms with Crippen LogP contribution in [-0.2, 0) is 9.59 Å². The fourth-order valence-electron chi connectivity index (χ4n) is 1.10. The van der Waals surface area contributed by atoms with Gasteiger partial charge in [0.25, 0.3) is 0 Å². The van der Waals surface area contributed by atoms with Gasteiger partial charge >= 0.3 is 12.1 Å². The number of aliphatic carboxylic acids is 1. The van der Waals surface area contributed by atoms with E-state index in [4.69, 9.17) is 10.8 Å². The molecule has 106 valence electrons. The van der Waals surface area contributed by atoms with Gasteiger partial charge in [-0.05, 0) is 13.3 Å². The molecule has 0 bridgehead atoms. The zero-order chi connectivity index (χ0) is 14.6. The van der Waals surface area contributed by atoms with E-state index in [0.717, 1.165) is 0 Å². The Kier molecular flexibility index (Phi) is 5.59. The van der Waals surface area contributed by atoms with Crippen molar-refractivity contribution in [1.82, 2.24) is 5.32 Å². The molecule has 0 aromatic carbocycles. The quantitative estimate of drug-likeness (QED) is 0.672. The zero-order valence-electron chi connectivity index (χ0n) is 10.2. The van der Waals surface area contributed by atoms with Crippen LogP contribution in [0.1, 0.15) is 33.1 Å². The number of carbonyl (C=O) groups is 2. The molecule has 0 spiro atoms. The number of nitrogens with two attached hydrogens (primary N) is 1. The number of carbonyl (C=O) groups excluding carboxylic acids is 1. The molecular weight excluding hydrogens is 253 g/mol. The number of unbranched alkanes of at least 4 members (excludes halogenated alkanes) is 1. The summed E-state index contributed by atoms with van der Waals surface area (Å²) in [7, 11) is 0. The number of rotatable bonds is 6. The molecule has 4 N–H and O–H groups in total. The number of hydrogen-bond donors (Lipinski definition) is 3. The SMILES string of the molecule is CCCC[C@H](NC(=O)C(C)(N)C(F)(F)F)C(=O)O. The van der Waals surface area contributed by atoms with Crippen LogP contribution in [0.25, 0.3) is 0 Å². The van der Waals surface area contributed by atoms with Crippen LogP contribution >= 0.6 is 0 Å². The maximum absolute atomic E-state index is 12.5. The number of halogens is 3. The lowest BCUT2D eigenvalue weighted by Gasteiger charge is -2.27. The van der Waals surface area contributed by atoms with Gasteiger partial charge in [-0.1, -0.05) is 19.8 Å². The van der Waals surface area contributed by atoms with Crippen molar-refractivity contribution >= 4 is 11.9 Å². The lowest BCUT2D eigenvalue weighted by Crippen LogP contribution is -2.63. The first-order valence-corrected chi connectivity index (χ1v) is 5.43. The van der Waals surface area contributed by atoms with Gasteiger partial charge in [0, 0.05) is 0 Å². The van der Waals surface area contributed by atoms with E-state index in [9.17, 15) is 22.8 Å². The second-order valence-corrected chi connectivity index (χ2v) is 4.21. The van der Waals surface area contributed by atoms with Gasteiger partial charge in [-0.2, -0.15) is 13.2 Å². The van der Waals surface area contributed by atoms with E-state index in [2.05, 4.69) is 0 Å². The van der Waals surface area contributed by atoms with Crippen LogP contribution in [0.15, 0.2) is 0 Å². The van der Waals surface area contributed by atoms with Crippen molar-refractivity contribution in [2.45, 2.75) is 50.9 Å². The van der Waals surface area contributed by atoms with Crippen molar-refractivity contribution in [2.24, 2.45) is 5.73 Å². The molecule has 1 unspecified atom stereocenters. The van der Waals surface area contributed by atoms with Gasteiger partial charge in [0.05, 0.1) is 0 Å². The molecule has 0 aliphatic carbocycles. The Morgan fingerprint density at radius 1 is 1.39 bits per heavy atom. The summed E-state index contributed by atoms with van der Waals surface area (Å²) in [4.78, 5) is 22.2. The molecule has 0 aromatic rings. The van der Waals surface area contributed by atoms with Crippen LogP contribution in [-0.4, -0.2) is 34.7 Å². The molecule has 5 nitrogen and oxygen atoms in total. The predicted octanol–water partition coefficient (Wildman–Crippen LogP) is 1.03. The fraction of sp³-hybridized carbons (Fsp3) is 0.800. The van der Waals surface area contributed by atoms with Crippen LogP contribution in [0.4, 0.5) is 13.2 Å². The third-order valence-corrected chi connectivity index (χ3v) is 2.51. The zero-order valence-corrected chi connectivity index (χ0v) is 10.2. The minimum Gasteiger partial charge on any atom is -0.480 e. The highest BCUT2D eigenvalue weighted by molar-refractivity contribution is 5.90. The van der Waals surface area contributed by atoms with E-state index in [1.54, 1.807) is 6.92 Å². The maximum atomic E-state index is 12.5. The summed E-state index contributed by atoms with van der Waals surface area (Å²) in [5.74, 6) is -2.92. The molecule has 0 aromatic heterocycles. The molecule has 18 heavy (non-hydrogen) atoms. The minimum absolute atomic E-state index is 0.0610. The molecule has 2 atom stereocenters. The summed E-state index contributed by atoms with van der Waals surface area (Å²) < 4.78 is 37.4. The van der Waals surface area contributed by atoms with E-state index in [-0.39, 0.29) is 6.42 Å². The smallest absolute Gasteiger partial charge is 0.415 e. The molecular formula is C10H17F3N2O3. The average molecular weight is 270 g/mol. The monoisotopic (exact) mass is 270 g/mol. The van der Waals surface area contributed by atoms with Crippen molar-refractivity contribution < 1.29 is 27.9 Å². The van der Waals surface area contributed by atoms with Crippen LogP contribution < -0.4 is 11.1 Å². The number of carboxylic acid groups (broad SMARTS) is 1. The lowest BCUT2D eigenvalue weighted by molar-refractivity contribution is -0.188. The van der Waals surface area contributed by atoms with E-state index >= 15 is 0 Å². The van der Waals surface area contributed by atoms with Crippen molar-refractivity contribution in [1.29, 1.82) is 0 Å². The number of carboxylic acids is 1. The fourth-order valence-corrected chi connectivity index (χ4v) is 1.10. The Balaban J connectivity index is 4.75. The van der Waals surface area contributed by atoms with Crippen molar-refractivity contribution in [2.75, 3.05) is 0 Å². The molecule has 0 saturated carbocycles. The number of amides is 1. The first-order chi connectivity index (χ1) is 8.04. The summed E-state index contributed by atoms with van der Waals surface area (Å²) >= 11 is 0. The molecule has 0 rings (SSSR count). The van der Waals surface area contributed by atoms with Crippen LogP contribution in [0, 0.1) is 0 Å². The molecule has 8 heteroatoms. The predicted molar refractivity (Wildman–Crippen MR) is 57.7 cm³/mol. The Morgan fingerprint density at radius 2 is 1.89 bits per heavy atom. The lowest BCUT2D eigenvalue weighted by atomic mass is 10.0. The third-order valence-electron chi connectivity index (χ3n) is 2.51. The van der Waals surface area contributed by atoms with E-state index in [1.807, 2.05) is 5.32 Å². The molecule has 0 saturated heterocycles. The first-order valence-electron chi connectivity index (χ1n) is 5.43. The van der Waals surface area contributed by atoms with Crippen molar-refractivity contribution in [3.05, 3.63) is 0 Å². The summed E-state index contributed by atoms with van der Waals surface area (Å²) in [6.45, 7) is 2.30. The Bertz CT molecular complexity index is 316.